The maximum Gasteiger partial charge on any atom is 0.264 e. The molecule has 43 heavy (non-hydrogen) atoms. The summed E-state index contributed by atoms with van der Waals surface area (Å²) in [6.07, 6.45) is 0.936. The summed E-state index contributed by atoms with van der Waals surface area (Å²) in [6.45, 7) is 3.37. The Morgan fingerprint density at radius 3 is 1.88 bits per heavy atom. The van der Waals surface area contributed by atoms with Gasteiger partial charge in [0.1, 0.15) is 18.4 Å². The number of anilines is 1. The van der Waals surface area contributed by atoms with E-state index in [1.54, 1.807) is 30.3 Å². The minimum Gasteiger partial charge on any atom is -0.352 e. The average Bonchev–Trinajstić information content (AvgIpc) is 3.02. The van der Waals surface area contributed by atoms with E-state index >= 15 is 0 Å². The van der Waals surface area contributed by atoms with Gasteiger partial charge in [0.2, 0.25) is 11.8 Å². The molecule has 1 N–H and O–H groups in total. The van der Waals surface area contributed by atoms with Gasteiger partial charge in [0.05, 0.1) is 10.6 Å². The Bertz CT molecular complexity index is 1590. The van der Waals surface area contributed by atoms with E-state index in [0.717, 1.165) is 27.6 Å². The molecular formula is C34H36FN3O4S. The summed E-state index contributed by atoms with van der Waals surface area (Å²) in [6, 6.07) is 30.4. The number of halogens is 1. The minimum absolute atomic E-state index is 0.0876. The van der Waals surface area contributed by atoms with Gasteiger partial charge in [-0.25, -0.2) is 12.8 Å². The zero-order chi connectivity index (χ0) is 30.8. The second kappa shape index (κ2) is 14.6. The van der Waals surface area contributed by atoms with Gasteiger partial charge in [0, 0.05) is 19.0 Å². The molecule has 2 atom stereocenters. The van der Waals surface area contributed by atoms with Crippen LogP contribution in [0, 0.1) is 5.82 Å². The Balaban J connectivity index is 1.77. The molecule has 0 saturated carbocycles. The Kier molecular flexibility index (Phi) is 10.7. The first-order chi connectivity index (χ1) is 20.7. The topological polar surface area (TPSA) is 86.8 Å². The van der Waals surface area contributed by atoms with Crippen LogP contribution in [0.3, 0.4) is 0 Å². The van der Waals surface area contributed by atoms with E-state index in [1.807, 2.05) is 74.5 Å². The lowest BCUT2D eigenvalue weighted by Gasteiger charge is -2.34. The Morgan fingerprint density at radius 2 is 1.33 bits per heavy atom. The maximum absolute atomic E-state index is 14.3. The second-order valence-corrected chi connectivity index (χ2v) is 12.2. The summed E-state index contributed by atoms with van der Waals surface area (Å²) < 4.78 is 42.5. The molecule has 0 heterocycles. The van der Waals surface area contributed by atoms with Crippen molar-refractivity contribution in [2.24, 2.45) is 0 Å². The van der Waals surface area contributed by atoms with Crippen LogP contribution in [-0.4, -0.2) is 43.8 Å². The van der Waals surface area contributed by atoms with Gasteiger partial charge in [-0.3, -0.25) is 13.9 Å². The molecule has 0 radical (unpaired) electrons. The minimum atomic E-state index is -4.28. The van der Waals surface area contributed by atoms with Crippen molar-refractivity contribution >= 4 is 27.5 Å². The zero-order valence-corrected chi connectivity index (χ0v) is 25.1. The Morgan fingerprint density at radius 1 is 0.791 bits per heavy atom. The average molecular weight is 602 g/mol. The molecule has 0 aliphatic carbocycles. The molecule has 7 nitrogen and oxygen atoms in total. The van der Waals surface area contributed by atoms with Gasteiger partial charge >= 0.3 is 0 Å². The fourth-order valence-electron chi connectivity index (χ4n) is 4.63. The van der Waals surface area contributed by atoms with Crippen LogP contribution in [0.25, 0.3) is 0 Å². The van der Waals surface area contributed by atoms with E-state index in [4.69, 9.17) is 0 Å². The number of nitrogens with zero attached hydrogens (tertiary/aromatic N) is 2. The third-order valence-electron chi connectivity index (χ3n) is 7.19. The highest BCUT2D eigenvalue weighted by atomic mass is 32.2. The molecule has 4 aromatic carbocycles. The molecule has 2 amide bonds. The fraction of sp³-hybridized carbons (Fsp3) is 0.235. The van der Waals surface area contributed by atoms with Crippen LogP contribution in [0.1, 0.15) is 31.4 Å². The number of sulfonamides is 1. The van der Waals surface area contributed by atoms with Gasteiger partial charge < -0.3 is 10.2 Å². The highest BCUT2D eigenvalue weighted by Crippen LogP contribution is 2.25. The van der Waals surface area contributed by atoms with Crippen molar-refractivity contribution in [3.63, 3.8) is 0 Å². The number of carbonyl (C=O) groups excluding carboxylic acids is 2. The molecule has 2 unspecified atom stereocenters. The van der Waals surface area contributed by atoms with Crippen molar-refractivity contribution < 1.29 is 22.4 Å². The Labute approximate surface area is 253 Å². The van der Waals surface area contributed by atoms with Gasteiger partial charge in [-0.2, -0.15) is 0 Å². The van der Waals surface area contributed by atoms with Crippen LogP contribution in [0.15, 0.2) is 120 Å². The van der Waals surface area contributed by atoms with Crippen molar-refractivity contribution in [1.82, 2.24) is 10.2 Å². The molecule has 224 valence electrons. The summed E-state index contributed by atoms with van der Waals surface area (Å²) in [5.74, 6) is -1.46. The third kappa shape index (κ3) is 8.29. The number of benzene rings is 4. The SMILES string of the molecule is CCC(C)NC(=O)C(Cc1ccccc1)N(Cc1ccccc1)C(=O)CN(c1ccccc1)S(=O)(=O)c1ccc(F)cc1. The van der Waals surface area contributed by atoms with Crippen LogP contribution >= 0.6 is 0 Å². The van der Waals surface area contributed by atoms with E-state index in [9.17, 15) is 22.4 Å². The first-order valence-electron chi connectivity index (χ1n) is 14.2. The van der Waals surface area contributed by atoms with Crippen LogP contribution in [-0.2, 0) is 32.6 Å². The molecule has 0 saturated heterocycles. The van der Waals surface area contributed by atoms with Gasteiger partial charge in [-0.1, -0.05) is 85.8 Å². The number of hydrogen-bond donors (Lipinski definition) is 1. The number of rotatable bonds is 13. The van der Waals surface area contributed by atoms with E-state index in [0.29, 0.717) is 6.42 Å². The largest absolute Gasteiger partial charge is 0.352 e. The fourth-order valence-corrected chi connectivity index (χ4v) is 6.05. The predicted octanol–water partition coefficient (Wildman–Crippen LogP) is 5.58. The van der Waals surface area contributed by atoms with Gasteiger partial charge in [-0.15, -0.1) is 0 Å². The summed E-state index contributed by atoms with van der Waals surface area (Å²) >= 11 is 0. The molecule has 0 fully saturated rings. The van der Waals surface area contributed by atoms with E-state index in [2.05, 4.69) is 5.32 Å². The smallest absolute Gasteiger partial charge is 0.264 e. The van der Waals surface area contributed by atoms with Crippen molar-refractivity contribution in [2.75, 3.05) is 10.8 Å². The van der Waals surface area contributed by atoms with Gasteiger partial charge in [-0.05, 0) is 60.9 Å². The lowest BCUT2D eigenvalue weighted by Crippen LogP contribution is -2.54. The normalized spacial score (nSPS) is 12.6. The molecule has 0 aromatic heterocycles. The summed E-state index contributed by atoms with van der Waals surface area (Å²) in [7, 11) is -4.28. The number of hydrogen-bond acceptors (Lipinski definition) is 4. The van der Waals surface area contributed by atoms with Crippen molar-refractivity contribution in [3.8, 4) is 0 Å². The van der Waals surface area contributed by atoms with Crippen LogP contribution in [0.4, 0.5) is 10.1 Å². The molecular weight excluding hydrogens is 565 g/mol. The first kappa shape index (κ1) is 31.4. The monoisotopic (exact) mass is 601 g/mol. The van der Waals surface area contributed by atoms with Gasteiger partial charge in [0.25, 0.3) is 10.0 Å². The molecule has 0 spiro atoms. The summed E-state index contributed by atoms with van der Waals surface area (Å²) in [5, 5.41) is 3.02. The third-order valence-corrected chi connectivity index (χ3v) is 8.98. The van der Waals surface area contributed by atoms with Crippen LogP contribution in [0.5, 0.6) is 0 Å². The first-order valence-corrected chi connectivity index (χ1v) is 15.6. The molecule has 0 aliphatic rings. The zero-order valence-electron chi connectivity index (χ0n) is 24.3. The maximum atomic E-state index is 14.3. The summed E-state index contributed by atoms with van der Waals surface area (Å²) in [4.78, 5) is 29.4. The predicted molar refractivity (Wildman–Crippen MR) is 166 cm³/mol. The van der Waals surface area contributed by atoms with Crippen molar-refractivity contribution in [2.45, 2.75) is 50.2 Å². The molecule has 4 rings (SSSR count). The number of nitrogens with one attached hydrogen (secondary N) is 1. The lowest BCUT2D eigenvalue weighted by molar-refractivity contribution is -0.140. The molecule has 4 aromatic rings. The van der Waals surface area contributed by atoms with E-state index < -0.39 is 34.3 Å². The molecule has 0 aliphatic heterocycles. The highest BCUT2D eigenvalue weighted by molar-refractivity contribution is 7.92. The standard InChI is InChI=1S/C34H36FN3O4S/c1-3-26(2)36-34(40)32(23-27-13-7-4-8-14-27)37(24-28-15-9-5-10-16-28)33(39)25-38(30-17-11-6-12-18-30)43(41,42)31-21-19-29(35)20-22-31/h4-22,26,32H,3,23-25H2,1-2H3,(H,36,40). The van der Waals surface area contributed by atoms with Crippen LogP contribution < -0.4 is 9.62 Å². The number of carbonyl (C=O) groups is 2. The quantitative estimate of drug-likeness (QED) is 0.217. The molecule has 0 bridgehead atoms. The van der Waals surface area contributed by atoms with E-state index in [-0.39, 0.29) is 35.5 Å². The highest BCUT2D eigenvalue weighted by Gasteiger charge is 2.34. The van der Waals surface area contributed by atoms with Crippen molar-refractivity contribution in [3.05, 3.63) is 132 Å². The number of amides is 2. The molecule has 9 heteroatoms. The second-order valence-electron chi connectivity index (χ2n) is 10.3. The van der Waals surface area contributed by atoms with E-state index in [1.165, 1.54) is 17.0 Å². The number of para-hydroxylation sites is 1. The lowest BCUT2D eigenvalue weighted by atomic mass is 10.0. The van der Waals surface area contributed by atoms with Gasteiger partial charge in [0.15, 0.2) is 0 Å². The van der Waals surface area contributed by atoms with Crippen molar-refractivity contribution in [1.29, 1.82) is 0 Å². The summed E-state index contributed by atoms with van der Waals surface area (Å²) in [5.41, 5.74) is 1.91. The Hall–Kier alpha value is -4.50. The van der Waals surface area contributed by atoms with Crippen LogP contribution in [0.2, 0.25) is 0 Å².